The fraction of sp³-hybridized carbons (Fsp3) is 0.188. The molecule has 0 unspecified atom stereocenters. The summed E-state index contributed by atoms with van der Waals surface area (Å²) in [5, 5.41) is 7.95. The minimum Gasteiger partial charge on any atom is -0.451 e. The first-order valence-electron chi connectivity index (χ1n) is 14.1. The second-order valence-electron chi connectivity index (χ2n) is 10.4. The molecule has 0 fully saturated rings. The summed E-state index contributed by atoms with van der Waals surface area (Å²) in [4.78, 5) is 35.2. The Morgan fingerprint density at radius 2 is 1.67 bits per heavy atom. The van der Waals surface area contributed by atoms with Crippen molar-refractivity contribution in [3.05, 3.63) is 108 Å². The van der Waals surface area contributed by atoms with Crippen LogP contribution >= 0.6 is 0 Å². The number of fused-ring (bicyclic) bond motifs is 4. The molecule has 0 bridgehead atoms. The number of rotatable bonds is 10. The number of hydrogen-bond acceptors (Lipinski definition) is 6. The molecule has 1 amide bonds. The Balaban J connectivity index is 1.29. The number of imidazole rings is 2. The number of halogens is 1. The molecule has 0 aliphatic carbocycles. The number of benzene rings is 3. The first-order valence-corrected chi connectivity index (χ1v) is 14.1. The summed E-state index contributed by atoms with van der Waals surface area (Å²) in [5.41, 5.74) is 0.632. The third kappa shape index (κ3) is 4.88. The zero-order chi connectivity index (χ0) is 29.3. The monoisotopic (exact) mass is 577 g/mol. The number of carbonyl (C=O) groups is 1. The zero-order valence-corrected chi connectivity index (χ0v) is 23.2. The predicted octanol–water partition coefficient (Wildman–Crippen LogP) is 5.10. The minimum absolute atomic E-state index is 0.0673. The molecule has 216 valence electrons. The van der Waals surface area contributed by atoms with Gasteiger partial charge in [0.25, 0.3) is 5.91 Å². The lowest BCUT2D eigenvalue weighted by atomic mass is 10.0. The molecule has 0 spiro atoms. The largest absolute Gasteiger partial charge is 0.451 e. The van der Waals surface area contributed by atoms with Gasteiger partial charge in [0.2, 0.25) is 5.43 Å². The number of hydrogen-bond donors (Lipinski definition) is 2. The van der Waals surface area contributed by atoms with E-state index >= 15 is 4.39 Å². The first kappa shape index (κ1) is 26.4. The number of pyridine rings is 1. The molecule has 0 radical (unpaired) electrons. The van der Waals surface area contributed by atoms with Crippen molar-refractivity contribution >= 4 is 33.3 Å². The summed E-state index contributed by atoms with van der Waals surface area (Å²) in [7, 11) is 0. The maximum absolute atomic E-state index is 15.7. The Bertz CT molecular complexity index is 2020. The molecule has 10 nitrogen and oxygen atoms in total. The van der Waals surface area contributed by atoms with Gasteiger partial charge in [0.1, 0.15) is 16.8 Å². The van der Waals surface area contributed by atoms with Crippen LogP contribution in [0.1, 0.15) is 23.2 Å². The van der Waals surface area contributed by atoms with E-state index in [1.807, 2.05) is 57.9 Å². The summed E-state index contributed by atoms with van der Waals surface area (Å²) >= 11 is 0. The Hall–Kier alpha value is -5.45. The Morgan fingerprint density at radius 3 is 2.42 bits per heavy atom. The van der Waals surface area contributed by atoms with Crippen LogP contribution in [-0.4, -0.2) is 42.7 Å². The molecule has 0 saturated carbocycles. The van der Waals surface area contributed by atoms with Gasteiger partial charge in [-0.2, -0.15) is 0 Å². The van der Waals surface area contributed by atoms with Gasteiger partial charge >= 0.3 is 0 Å². The normalized spacial score (nSPS) is 11.8. The van der Waals surface area contributed by atoms with Crippen molar-refractivity contribution in [2.45, 2.75) is 25.9 Å². The molecule has 43 heavy (non-hydrogen) atoms. The van der Waals surface area contributed by atoms with Gasteiger partial charge in [0, 0.05) is 62.5 Å². The highest BCUT2D eigenvalue weighted by molar-refractivity contribution is 6.03. The number of anilines is 1. The van der Waals surface area contributed by atoms with Gasteiger partial charge in [0.05, 0.1) is 23.7 Å². The second-order valence-corrected chi connectivity index (χ2v) is 10.4. The molecule has 11 heteroatoms. The van der Waals surface area contributed by atoms with Crippen LogP contribution < -0.4 is 20.8 Å². The average Bonchev–Trinajstić information content (AvgIpc) is 3.74. The quantitative estimate of drug-likeness (QED) is 0.219. The van der Waals surface area contributed by atoms with Crippen molar-refractivity contribution < 1.29 is 13.9 Å². The molecule has 3 aromatic carbocycles. The van der Waals surface area contributed by atoms with E-state index in [1.54, 1.807) is 35.8 Å². The molecule has 7 rings (SSSR count). The number of aromatic nitrogens is 5. The zero-order valence-electron chi connectivity index (χ0n) is 23.2. The van der Waals surface area contributed by atoms with Crippen molar-refractivity contribution in [2.75, 3.05) is 18.4 Å². The van der Waals surface area contributed by atoms with E-state index in [0.717, 1.165) is 10.8 Å². The maximum Gasteiger partial charge on any atom is 0.256 e. The highest BCUT2D eigenvalue weighted by Gasteiger charge is 2.29. The lowest BCUT2D eigenvalue weighted by Gasteiger charge is -2.27. The van der Waals surface area contributed by atoms with Gasteiger partial charge in [-0.25, -0.2) is 14.4 Å². The predicted molar refractivity (Wildman–Crippen MR) is 162 cm³/mol. The summed E-state index contributed by atoms with van der Waals surface area (Å²) < 4.78 is 27.7. The van der Waals surface area contributed by atoms with Crippen LogP contribution in [0.5, 0.6) is 11.5 Å². The van der Waals surface area contributed by atoms with Gasteiger partial charge in [-0.05, 0) is 30.4 Å². The first-order chi connectivity index (χ1) is 21.1. The second kappa shape index (κ2) is 11.1. The average molecular weight is 578 g/mol. The molecular weight excluding hydrogens is 549 g/mol. The summed E-state index contributed by atoms with van der Waals surface area (Å²) in [5.74, 6) is -0.436. The minimum atomic E-state index is -0.629. The van der Waals surface area contributed by atoms with E-state index in [2.05, 4.69) is 20.6 Å². The lowest BCUT2D eigenvalue weighted by molar-refractivity contribution is 0.0951. The van der Waals surface area contributed by atoms with Crippen LogP contribution in [0.25, 0.3) is 27.4 Å². The van der Waals surface area contributed by atoms with Gasteiger partial charge < -0.3 is 29.1 Å². The highest BCUT2D eigenvalue weighted by atomic mass is 19.1. The molecule has 1 aliphatic rings. The molecule has 2 N–H and O–H groups in total. The van der Waals surface area contributed by atoms with Crippen molar-refractivity contribution in [1.82, 2.24) is 29.0 Å². The molecule has 0 atom stereocenters. The Morgan fingerprint density at radius 1 is 0.930 bits per heavy atom. The number of amides is 1. The standard InChI is InChI=1S/C32H28FN7O3/c33-25-17-23-29-31(27(25)36-9-3-13-38-15-11-34-19-38)43-26-8-7-21-5-1-2-6-22(21)28(26)40(29)18-24(30(23)41)32(42)37-10-4-14-39-16-12-35-20-39/h1-2,5-8,11-12,15-20,36H,3-4,9-10,13-14H2,(H,37,42). The van der Waals surface area contributed by atoms with E-state index < -0.39 is 17.2 Å². The van der Waals surface area contributed by atoms with Gasteiger partial charge in [0.15, 0.2) is 17.3 Å². The van der Waals surface area contributed by atoms with Crippen molar-refractivity contribution in [3.8, 4) is 17.2 Å². The third-order valence-corrected chi connectivity index (χ3v) is 7.65. The maximum atomic E-state index is 15.7. The third-order valence-electron chi connectivity index (χ3n) is 7.65. The van der Waals surface area contributed by atoms with Gasteiger partial charge in [-0.15, -0.1) is 0 Å². The van der Waals surface area contributed by atoms with E-state index in [1.165, 1.54) is 6.07 Å². The van der Waals surface area contributed by atoms with Gasteiger partial charge in [-0.3, -0.25) is 9.59 Å². The van der Waals surface area contributed by atoms with E-state index in [9.17, 15) is 9.59 Å². The summed E-state index contributed by atoms with van der Waals surface area (Å²) in [6.07, 6.45) is 13.5. The number of nitrogens with one attached hydrogen (secondary N) is 2. The summed E-state index contributed by atoms with van der Waals surface area (Å²) in [6.45, 7) is 2.20. The van der Waals surface area contributed by atoms with E-state index in [4.69, 9.17) is 4.74 Å². The molecule has 6 aromatic rings. The topological polar surface area (TPSA) is 108 Å². The van der Waals surface area contributed by atoms with E-state index in [-0.39, 0.29) is 22.4 Å². The van der Waals surface area contributed by atoms with Crippen molar-refractivity contribution in [1.29, 1.82) is 0 Å². The van der Waals surface area contributed by atoms with Crippen LogP contribution in [0.3, 0.4) is 0 Å². The smallest absolute Gasteiger partial charge is 0.256 e. The number of aryl methyl sites for hydroxylation is 2. The van der Waals surface area contributed by atoms with Crippen LogP contribution in [0.4, 0.5) is 10.1 Å². The van der Waals surface area contributed by atoms with Crippen LogP contribution in [0.2, 0.25) is 0 Å². The fourth-order valence-electron chi connectivity index (χ4n) is 5.58. The molecule has 4 heterocycles. The Labute approximate surface area is 245 Å². The van der Waals surface area contributed by atoms with Crippen LogP contribution in [0, 0.1) is 5.82 Å². The number of nitrogens with zero attached hydrogens (tertiary/aromatic N) is 5. The SMILES string of the molecule is O=C(NCCCn1ccnc1)c1cn2c3c(c(NCCCn4ccnc4)c(F)cc3c1=O)Oc1ccc3ccccc3c1-2. The number of carbonyl (C=O) groups excluding carboxylic acids is 1. The van der Waals surface area contributed by atoms with E-state index in [0.29, 0.717) is 56.0 Å². The van der Waals surface area contributed by atoms with Crippen LogP contribution in [-0.2, 0) is 13.1 Å². The molecule has 0 saturated heterocycles. The Kier molecular flexibility index (Phi) is 6.82. The van der Waals surface area contributed by atoms with Crippen molar-refractivity contribution in [2.24, 2.45) is 0 Å². The summed E-state index contributed by atoms with van der Waals surface area (Å²) in [6, 6.07) is 12.8. The lowest BCUT2D eigenvalue weighted by Crippen LogP contribution is -2.31. The molecular formula is C32H28FN7O3. The molecule has 3 aromatic heterocycles. The van der Waals surface area contributed by atoms with Crippen molar-refractivity contribution in [3.63, 3.8) is 0 Å². The van der Waals surface area contributed by atoms with Crippen LogP contribution in [0.15, 0.2) is 90.9 Å². The molecule has 1 aliphatic heterocycles. The number of ether oxygens (including phenoxy) is 1. The fourth-order valence-corrected chi connectivity index (χ4v) is 5.58. The van der Waals surface area contributed by atoms with Gasteiger partial charge in [-0.1, -0.05) is 30.3 Å². The highest BCUT2D eigenvalue weighted by Crippen LogP contribution is 2.47.